The van der Waals surface area contributed by atoms with Gasteiger partial charge in [0.2, 0.25) is 0 Å². The Kier molecular flexibility index (Phi) is 2.55. The molecule has 2 aromatic heterocycles. The fourth-order valence-electron chi connectivity index (χ4n) is 1.33. The third kappa shape index (κ3) is 1.66. The van der Waals surface area contributed by atoms with Crippen LogP contribution in [0, 0.1) is 0 Å². The smallest absolute Gasteiger partial charge is 0.261 e. The van der Waals surface area contributed by atoms with Crippen LogP contribution >= 0.6 is 11.3 Å². The Morgan fingerprint density at radius 2 is 2.33 bits per heavy atom. The molecule has 4 nitrogen and oxygen atoms in total. The van der Waals surface area contributed by atoms with Crippen molar-refractivity contribution in [2.75, 3.05) is 14.2 Å². The van der Waals surface area contributed by atoms with Crippen LogP contribution in [0.3, 0.4) is 0 Å². The molecule has 0 bridgehead atoms. The first-order chi connectivity index (χ1) is 7.26. The standard InChI is InChI=1S/C10H10N2O2S/c1-11-10(13)8-3-6-7(14-2)4-12-5-9(6)15-8/h3-5H,1-2H3,(H,11,13). The number of hydrogen-bond donors (Lipinski definition) is 1. The number of amides is 1. The summed E-state index contributed by atoms with van der Waals surface area (Å²) < 4.78 is 6.12. The zero-order chi connectivity index (χ0) is 10.8. The van der Waals surface area contributed by atoms with Crippen LogP contribution in [0.2, 0.25) is 0 Å². The van der Waals surface area contributed by atoms with Crippen LogP contribution in [-0.4, -0.2) is 25.0 Å². The number of ether oxygens (including phenoxy) is 1. The van der Waals surface area contributed by atoms with Gasteiger partial charge in [-0.3, -0.25) is 9.78 Å². The van der Waals surface area contributed by atoms with E-state index in [4.69, 9.17) is 4.74 Å². The lowest BCUT2D eigenvalue weighted by Gasteiger charge is -1.98. The van der Waals surface area contributed by atoms with E-state index in [2.05, 4.69) is 10.3 Å². The van der Waals surface area contributed by atoms with Crippen LogP contribution in [-0.2, 0) is 0 Å². The average molecular weight is 222 g/mol. The van der Waals surface area contributed by atoms with E-state index in [0.29, 0.717) is 10.6 Å². The quantitative estimate of drug-likeness (QED) is 0.840. The van der Waals surface area contributed by atoms with Crippen LogP contribution in [0.25, 0.3) is 10.1 Å². The van der Waals surface area contributed by atoms with Crippen LogP contribution in [0.4, 0.5) is 0 Å². The van der Waals surface area contributed by atoms with E-state index in [1.807, 2.05) is 6.07 Å². The fourth-order valence-corrected chi connectivity index (χ4v) is 2.33. The zero-order valence-corrected chi connectivity index (χ0v) is 9.22. The number of nitrogens with zero attached hydrogens (tertiary/aromatic N) is 1. The number of nitrogens with one attached hydrogen (secondary N) is 1. The molecular formula is C10H10N2O2S. The molecule has 2 heterocycles. The van der Waals surface area contributed by atoms with Crippen molar-refractivity contribution in [3.63, 3.8) is 0 Å². The molecule has 0 aliphatic rings. The summed E-state index contributed by atoms with van der Waals surface area (Å²) in [6.45, 7) is 0. The predicted octanol–water partition coefficient (Wildman–Crippen LogP) is 1.66. The van der Waals surface area contributed by atoms with Gasteiger partial charge in [0, 0.05) is 18.6 Å². The van der Waals surface area contributed by atoms with E-state index in [1.165, 1.54) is 11.3 Å². The van der Waals surface area contributed by atoms with Gasteiger partial charge in [0.15, 0.2) is 0 Å². The van der Waals surface area contributed by atoms with Gasteiger partial charge in [-0.05, 0) is 6.07 Å². The van der Waals surface area contributed by atoms with Gasteiger partial charge in [0.05, 0.1) is 22.9 Å². The van der Waals surface area contributed by atoms with E-state index >= 15 is 0 Å². The second-order valence-electron chi connectivity index (χ2n) is 2.94. The molecule has 5 heteroatoms. The number of thiophene rings is 1. The molecule has 0 unspecified atom stereocenters. The zero-order valence-electron chi connectivity index (χ0n) is 8.40. The molecule has 0 atom stereocenters. The maximum atomic E-state index is 11.4. The summed E-state index contributed by atoms with van der Waals surface area (Å²) in [6.07, 6.45) is 3.37. The molecule has 78 valence electrons. The van der Waals surface area contributed by atoms with Gasteiger partial charge in [-0.1, -0.05) is 0 Å². The molecule has 2 aromatic rings. The summed E-state index contributed by atoms with van der Waals surface area (Å²) in [4.78, 5) is 16.1. The molecule has 0 aliphatic heterocycles. The largest absolute Gasteiger partial charge is 0.494 e. The summed E-state index contributed by atoms with van der Waals surface area (Å²) in [7, 11) is 3.20. The van der Waals surface area contributed by atoms with Crippen molar-refractivity contribution in [1.82, 2.24) is 10.3 Å². The van der Waals surface area contributed by atoms with Gasteiger partial charge < -0.3 is 10.1 Å². The number of carbonyl (C=O) groups excluding carboxylic acids is 1. The number of fused-ring (bicyclic) bond motifs is 1. The van der Waals surface area contributed by atoms with Crippen molar-refractivity contribution in [3.8, 4) is 5.75 Å². The van der Waals surface area contributed by atoms with Gasteiger partial charge in [-0.2, -0.15) is 0 Å². The predicted molar refractivity (Wildman–Crippen MR) is 59.6 cm³/mol. The molecule has 0 saturated heterocycles. The Bertz CT molecular complexity index is 507. The number of hydrogen-bond acceptors (Lipinski definition) is 4. The molecule has 0 radical (unpaired) electrons. The molecular weight excluding hydrogens is 212 g/mol. The lowest BCUT2D eigenvalue weighted by molar-refractivity contribution is 0.0967. The Morgan fingerprint density at radius 1 is 1.53 bits per heavy atom. The molecule has 1 N–H and O–H groups in total. The first-order valence-corrected chi connectivity index (χ1v) is 5.21. The van der Waals surface area contributed by atoms with E-state index in [-0.39, 0.29) is 5.91 Å². The van der Waals surface area contributed by atoms with Crippen LogP contribution in [0.1, 0.15) is 9.67 Å². The first-order valence-electron chi connectivity index (χ1n) is 4.40. The van der Waals surface area contributed by atoms with E-state index in [1.54, 1.807) is 26.6 Å². The van der Waals surface area contributed by atoms with Gasteiger partial charge in [-0.15, -0.1) is 11.3 Å². The summed E-state index contributed by atoms with van der Waals surface area (Å²) in [6, 6.07) is 1.82. The molecule has 0 aliphatic carbocycles. The Morgan fingerprint density at radius 3 is 3.00 bits per heavy atom. The Balaban J connectivity index is 2.60. The molecule has 0 aromatic carbocycles. The van der Waals surface area contributed by atoms with Crippen molar-refractivity contribution >= 4 is 27.3 Å². The molecule has 0 spiro atoms. The summed E-state index contributed by atoms with van der Waals surface area (Å²) in [5.74, 6) is 0.608. The van der Waals surface area contributed by atoms with Crippen molar-refractivity contribution in [3.05, 3.63) is 23.3 Å². The minimum absolute atomic E-state index is 0.0850. The van der Waals surface area contributed by atoms with Gasteiger partial charge in [0.25, 0.3) is 5.91 Å². The number of pyridine rings is 1. The van der Waals surface area contributed by atoms with E-state index in [9.17, 15) is 4.79 Å². The topological polar surface area (TPSA) is 51.2 Å². The van der Waals surface area contributed by atoms with Crippen LogP contribution < -0.4 is 10.1 Å². The second-order valence-corrected chi connectivity index (χ2v) is 4.03. The van der Waals surface area contributed by atoms with Gasteiger partial charge in [0.1, 0.15) is 5.75 Å². The Hall–Kier alpha value is -1.62. The number of rotatable bonds is 2. The summed E-state index contributed by atoms with van der Waals surface area (Å²) in [5, 5.41) is 3.52. The monoisotopic (exact) mass is 222 g/mol. The fraction of sp³-hybridized carbons (Fsp3) is 0.200. The Labute approximate surface area is 90.9 Å². The van der Waals surface area contributed by atoms with Gasteiger partial charge in [-0.25, -0.2) is 0 Å². The summed E-state index contributed by atoms with van der Waals surface area (Å²) >= 11 is 1.40. The lowest BCUT2D eigenvalue weighted by Crippen LogP contribution is -2.15. The number of aromatic nitrogens is 1. The third-order valence-electron chi connectivity index (χ3n) is 2.08. The maximum Gasteiger partial charge on any atom is 0.261 e. The lowest BCUT2D eigenvalue weighted by atomic mass is 10.3. The molecule has 15 heavy (non-hydrogen) atoms. The maximum absolute atomic E-state index is 11.4. The number of methoxy groups -OCH3 is 1. The van der Waals surface area contributed by atoms with Crippen LogP contribution in [0.15, 0.2) is 18.5 Å². The van der Waals surface area contributed by atoms with Crippen molar-refractivity contribution < 1.29 is 9.53 Å². The highest BCUT2D eigenvalue weighted by molar-refractivity contribution is 7.20. The first kappa shape index (κ1) is 9.92. The van der Waals surface area contributed by atoms with Crippen LogP contribution in [0.5, 0.6) is 5.75 Å². The van der Waals surface area contributed by atoms with E-state index in [0.717, 1.165) is 10.1 Å². The van der Waals surface area contributed by atoms with E-state index < -0.39 is 0 Å². The van der Waals surface area contributed by atoms with Crippen molar-refractivity contribution in [2.24, 2.45) is 0 Å². The summed E-state index contributed by atoms with van der Waals surface area (Å²) in [5.41, 5.74) is 0. The SMILES string of the molecule is CNC(=O)c1cc2c(OC)cncc2s1. The highest BCUT2D eigenvalue weighted by atomic mass is 32.1. The average Bonchev–Trinajstić information content (AvgIpc) is 2.71. The highest BCUT2D eigenvalue weighted by Gasteiger charge is 2.11. The second kappa shape index (κ2) is 3.86. The highest BCUT2D eigenvalue weighted by Crippen LogP contribution is 2.31. The number of carbonyl (C=O) groups is 1. The molecule has 0 fully saturated rings. The third-order valence-corrected chi connectivity index (χ3v) is 3.15. The minimum Gasteiger partial charge on any atom is -0.494 e. The molecule has 0 saturated carbocycles. The molecule has 2 rings (SSSR count). The van der Waals surface area contributed by atoms with Crippen molar-refractivity contribution in [2.45, 2.75) is 0 Å². The normalized spacial score (nSPS) is 10.3. The molecule has 1 amide bonds. The van der Waals surface area contributed by atoms with Gasteiger partial charge >= 0.3 is 0 Å². The van der Waals surface area contributed by atoms with Crippen molar-refractivity contribution in [1.29, 1.82) is 0 Å². The minimum atomic E-state index is -0.0850.